The normalized spacial score (nSPS) is 13.4. The average Bonchev–Trinajstić information content (AvgIpc) is 2.68. The molecule has 5 nitrogen and oxygen atoms in total. The predicted octanol–water partition coefficient (Wildman–Crippen LogP) is 3.91. The lowest BCUT2D eigenvalue weighted by Gasteiger charge is -2.32. The number of aromatic nitrogens is 2. The molecule has 0 saturated carbocycles. The second kappa shape index (κ2) is 6.43. The summed E-state index contributed by atoms with van der Waals surface area (Å²) in [5.74, 6) is 1.50. The van der Waals surface area contributed by atoms with Crippen molar-refractivity contribution in [3.8, 4) is 0 Å². The van der Waals surface area contributed by atoms with Gasteiger partial charge >= 0.3 is 0 Å². The predicted molar refractivity (Wildman–Crippen MR) is 103 cm³/mol. The highest BCUT2D eigenvalue weighted by atomic mass is 15.3. The van der Waals surface area contributed by atoms with Crippen molar-refractivity contribution >= 4 is 28.7 Å². The lowest BCUT2D eigenvalue weighted by atomic mass is 10.0. The monoisotopic (exact) mass is 331 g/mol. The Kier molecular flexibility index (Phi) is 3.98. The molecule has 3 aromatic rings. The van der Waals surface area contributed by atoms with Crippen LogP contribution < -0.4 is 15.5 Å². The molecule has 4 rings (SSSR count). The molecule has 0 aliphatic carbocycles. The number of hydrogen-bond acceptors (Lipinski definition) is 5. The van der Waals surface area contributed by atoms with Crippen LogP contribution in [0.1, 0.15) is 12.0 Å². The number of rotatable bonds is 3. The first-order valence-corrected chi connectivity index (χ1v) is 8.50. The molecule has 2 heterocycles. The lowest BCUT2D eigenvalue weighted by molar-refractivity contribution is 0.759. The van der Waals surface area contributed by atoms with Gasteiger partial charge in [0.2, 0.25) is 0 Å². The van der Waals surface area contributed by atoms with E-state index >= 15 is 0 Å². The molecule has 25 heavy (non-hydrogen) atoms. The van der Waals surface area contributed by atoms with E-state index in [1.54, 1.807) is 6.33 Å². The number of hydrogen-bond donors (Lipinski definition) is 1. The van der Waals surface area contributed by atoms with E-state index in [2.05, 4.69) is 39.1 Å². The molecule has 0 unspecified atom stereocenters. The molecule has 5 heteroatoms. The first-order valence-electron chi connectivity index (χ1n) is 8.50. The molecule has 0 fully saturated rings. The number of anilines is 5. The van der Waals surface area contributed by atoms with Crippen LogP contribution in [-0.2, 0) is 6.42 Å². The zero-order valence-corrected chi connectivity index (χ0v) is 14.3. The number of nitrogens with zero attached hydrogens (tertiary/aromatic N) is 4. The molecule has 0 radical (unpaired) electrons. The number of nitrogens with two attached hydrogens (primary N) is 1. The number of aryl methyl sites for hydroxylation is 1. The van der Waals surface area contributed by atoms with E-state index in [1.807, 2.05) is 42.3 Å². The Labute approximate surface area is 147 Å². The molecule has 0 atom stereocenters. The Morgan fingerprint density at radius 3 is 2.60 bits per heavy atom. The highest BCUT2D eigenvalue weighted by Crippen LogP contribution is 2.38. The van der Waals surface area contributed by atoms with Crippen molar-refractivity contribution in [2.45, 2.75) is 12.8 Å². The van der Waals surface area contributed by atoms with Crippen LogP contribution in [0, 0.1) is 0 Å². The Balaban J connectivity index is 1.76. The van der Waals surface area contributed by atoms with Crippen molar-refractivity contribution in [3.05, 3.63) is 66.5 Å². The van der Waals surface area contributed by atoms with Crippen LogP contribution in [-0.4, -0.2) is 23.6 Å². The van der Waals surface area contributed by atoms with Crippen molar-refractivity contribution in [2.24, 2.45) is 0 Å². The molecule has 1 aliphatic rings. The van der Waals surface area contributed by atoms with Gasteiger partial charge in [-0.05, 0) is 36.6 Å². The van der Waals surface area contributed by atoms with E-state index in [9.17, 15) is 0 Å². The Morgan fingerprint density at radius 2 is 1.76 bits per heavy atom. The molecule has 2 N–H and O–H groups in total. The SMILES string of the molecule is CN(c1ccccc1)c1ncnc(N2CCCc3ccccc32)c1N. The molecular formula is C20H21N5. The van der Waals surface area contributed by atoms with Crippen LogP contribution in [0.15, 0.2) is 60.9 Å². The van der Waals surface area contributed by atoms with Gasteiger partial charge in [0.15, 0.2) is 11.6 Å². The average molecular weight is 331 g/mol. The lowest BCUT2D eigenvalue weighted by Crippen LogP contribution is -2.27. The molecule has 0 spiro atoms. The summed E-state index contributed by atoms with van der Waals surface area (Å²) >= 11 is 0. The second-order valence-corrected chi connectivity index (χ2v) is 6.21. The minimum atomic E-state index is 0.602. The highest BCUT2D eigenvalue weighted by Gasteiger charge is 2.23. The summed E-state index contributed by atoms with van der Waals surface area (Å²) in [6, 6.07) is 18.5. The summed E-state index contributed by atoms with van der Waals surface area (Å²) in [7, 11) is 1.97. The van der Waals surface area contributed by atoms with Crippen LogP contribution in [0.25, 0.3) is 0 Å². The second-order valence-electron chi connectivity index (χ2n) is 6.21. The van der Waals surface area contributed by atoms with Crippen LogP contribution >= 0.6 is 0 Å². The third kappa shape index (κ3) is 2.78. The van der Waals surface area contributed by atoms with Gasteiger partial charge < -0.3 is 15.5 Å². The minimum Gasteiger partial charge on any atom is -0.393 e. The van der Waals surface area contributed by atoms with Crippen LogP contribution in [0.3, 0.4) is 0 Å². The molecule has 126 valence electrons. The molecular weight excluding hydrogens is 310 g/mol. The van der Waals surface area contributed by atoms with Gasteiger partial charge in [-0.15, -0.1) is 0 Å². The van der Waals surface area contributed by atoms with Gasteiger partial charge in [-0.1, -0.05) is 36.4 Å². The number of benzene rings is 2. The van der Waals surface area contributed by atoms with Gasteiger partial charge in [0.25, 0.3) is 0 Å². The number of para-hydroxylation sites is 2. The number of nitrogen functional groups attached to an aromatic ring is 1. The van der Waals surface area contributed by atoms with Crippen molar-refractivity contribution in [2.75, 3.05) is 29.1 Å². The topological polar surface area (TPSA) is 58.3 Å². The first kappa shape index (κ1) is 15.4. The van der Waals surface area contributed by atoms with Gasteiger partial charge in [0.1, 0.15) is 12.0 Å². The van der Waals surface area contributed by atoms with Gasteiger partial charge in [-0.3, -0.25) is 0 Å². The smallest absolute Gasteiger partial charge is 0.161 e. The Morgan fingerprint density at radius 1 is 1.00 bits per heavy atom. The van der Waals surface area contributed by atoms with Gasteiger partial charge in [-0.25, -0.2) is 9.97 Å². The molecule has 2 aromatic carbocycles. The standard InChI is InChI=1S/C20H21N5/c1-24(16-10-3-2-4-11-16)19-18(21)20(23-14-22-19)25-13-7-9-15-8-5-6-12-17(15)25/h2-6,8,10-12,14H,7,9,13,21H2,1H3. The summed E-state index contributed by atoms with van der Waals surface area (Å²) in [6.45, 7) is 0.909. The van der Waals surface area contributed by atoms with E-state index in [1.165, 1.54) is 11.3 Å². The van der Waals surface area contributed by atoms with E-state index < -0.39 is 0 Å². The van der Waals surface area contributed by atoms with Gasteiger partial charge in [-0.2, -0.15) is 0 Å². The summed E-state index contributed by atoms with van der Waals surface area (Å²) in [5, 5.41) is 0. The zero-order chi connectivity index (χ0) is 17.2. The molecule has 0 saturated heterocycles. The first-order chi connectivity index (χ1) is 12.3. The maximum Gasteiger partial charge on any atom is 0.161 e. The summed E-state index contributed by atoms with van der Waals surface area (Å²) in [6.07, 6.45) is 3.77. The largest absolute Gasteiger partial charge is 0.393 e. The quantitative estimate of drug-likeness (QED) is 0.788. The molecule has 0 amide bonds. The molecule has 0 bridgehead atoms. The fraction of sp³-hybridized carbons (Fsp3) is 0.200. The zero-order valence-electron chi connectivity index (χ0n) is 14.3. The van der Waals surface area contributed by atoms with E-state index in [0.717, 1.165) is 36.7 Å². The summed E-state index contributed by atoms with van der Waals surface area (Å²) < 4.78 is 0. The van der Waals surface area contributed by atoms with Crippen molar-refractivity contribution < 1.29 is 0 Å². The van der Waals surface area contributed by atoms with Crippen LogP contribution in [0.2, 0.25) is 0 Å². The van der Waals surface area contributed by atoms with Crippen molar-refractivity contribution in [3.63, 3.8) is 0 Å². The van der Waals surface area contributed by atoms with Gasteiger partial charge in [0, 0.05) is 25.0 Å². The van der Waals surface area contributed by atoms with E-state index in [0.29, 0.717) is 5.69 Å². The molecule has 1 aliphatic heterocycles. The third-order valence-corrected chi connectivity index (χ3v) is 4.67. The fourth-order valence-corrected chi connectivity index (χ4v) is 3.39. The van der Waals surface area contributed by atoms with E-state index in [-0.39, 0.29) is 0 Å². The Hall–Kier alpha value is -3.08. The van der Waals surface area contributed by atoms with Crippen LogP contribution in [0.5, 0.6) is 0 Å². The highest BCUT2D eigenvalue weighted by molar-refractivity contribution is 5.83. The minimum absolute atomic E-state index is 0.602. The third-order valence-electron chi connectivity index (χ3n) is 4.67. The Bertz CT molecular complexity index is 878. The van der Waals surface area contributed by atoms with Crippen molar-refractivity contribution in [1.82, 2.24) is 9.97 Å². The molecule has 1 aromatic heterocycles. The van der Waals surface area contributed by atoms with Gasteiger partial charge in [0.05, 0.1) is 0 Å². The van der Waals surface area contributed by atoms with Crippen LogP contribution in [0.4, 0.5) is 28.7 Å². The fourth-order valence-electron chi connectivity index (χ4n) is 3.39. The maximum absolute atomic E-state index is 6.50. The number of fused-ring (bicyclic) bond motifs is 1. The van der Waals surface area contributed by atoms with E-state index in [4.69, 9.17) is 5.73 Å². The summed E-state index contributed by atoms with van der Waals surface area (Å²) in [5.41, 5.74) is 10.7. The van der Waals surface area contributed by atoms with Crippen molar-refractivity contribution in [1.29, 1.82) is 0 Å². The maximum atomic E-state index is 6.50. The summed E-state index contributed by atoms with van der Waals surface area (Å²) in [4.78, 5) is 13.1.